The minimum absolute atomic E-state index is 0.104. The molecule has 0 aromatic rings. The highest BCUT2D eigenvalue weighted by molar-refractivity contribution is 7.52. The predicted molar refractivity (Wildman–Crippen MR) is 241 cm³/mol. The van der Waals surface area contributed by atoms with E-state index >= 15 is 0 Å². The van der Waals surface area contributed by atoms with Crippen LogP contribution in [0.4, 0.5) is 0 Å². The molecule has 0 aliphatic heterocycles. The van der Waals surface area contributed by atoms with E-state index in [2.05, 4.69) is 118 Å². The van der Waals surface area contributed by atoms with Gasteiger partial charge >= 0.3 is 8.17 Å². The number of rotatable bonds is 32. The molecule has 0 amide bonds. The fraction of sp³-hybridized carbons (Fsp3) is 0.667. The number of phosphoric ester groups is 1. The summed E-state index contributed by atoms with van der Waals surface area (Å²) in [4.78, 5) is 22.9. The van der Waals surface area contributed by atoms with Crippen molar-refractivity contribution in [2.24, 2.45) is 0 Å². The standard InChI is InChI=1S/C48H84NO6P/c1-40(2)20-14-22-42(5)24-16-26-44(7)28-18-30-46(9)32-35-52-38-48(39-55-56(50,51)54-37-34-49(11,12)13)53-36-33-47(10)31-19-29-45(8)27-17-25-43(6)23-15-21-41(3)4/h20-21,24-25,28-29,32-33,48H,14-19,22-23,26-27,30-31,34-39H2,1-13H3/p+1/b42-24+,43-25+,44-28+,45-29+,46-32+,47-33+/t48-/m0/s1. The Kier molecular flexibility index (Phi) is 30.9. The average Bonchev–Trinajstić information content (AvgIpc) is 3.07. The number of nitrogens with zero attached hydrogens (tertiary/aromatic N) is 1. The first kappa shape index (κ1) is 54.1. The molecule has 0 aromatic heterocycles. The highest BCUT2D eigenvalue weighted by Gasteiger charge is 2.30. The lowest BCUT2D eigenvalue weighted by Gasteiger charge is -2.26. The molecule has 0 saturated carbocycles. The number of hydrogen-bond acceptors (Lipinski definition) is 6. The van der Waals surface area contributed by atoms with Crippen LogP contribution in [-0.4, -0.2) is 76.2 Å². The van der Waals surface area contributed by atoms with Crippen LogP contribution in [0.5, 0.6) is 0 Å². The van der Waals surface area contributed by atoms with Crippen molar-refractivity contribution in [2.75, 3.05) is 60.7 Å². The topological polar surface area (TPSA) is 80.2 Å². The maximum absolute atomic E-state index is 12.6. The summed E-state index contributed by atoms with van der Waals surface area (Å²) in [6.45, 7) is 23.4. The second kappa shape index (κ2) is 32.0. The largest absolute Gasteiger partial charge is 0.606 e. The minimum atomic E-state index is -4.22. The SMILES string of the molecule is CC(C)=CCC/C(C)=C/CC/C(C)=C/CC/C(C)=C/COC[C@@H](CO[P+]([O-])(O)OCC[N+](C)(C)C)OC/C=C(\C)CC/C=C(\C)CC/C=C(\C)CCC=C(C)C. The van der Waals surface area contributed by atoms with Gasteiger partial charge in [-0.15, -0.1) is 0 Å². The van der Waals surface area contributed by atoms with Crippen LogP contribution in [0.15, 0.2) is 93.2 Å². The zero-order chi connectivity index (χ0) is 42.4. The van der Waals surface area contributed by atoms with E-state index < -0.39 is 14.3 Å². The predicted octanol–water partition coefficient (Wildman–Crippen LogP) is 12.4. The van der Waals surface area contributed by atoms with Gasteiger partial charge in [0, 0.05) is 0 Å². The molecule has 0 radical (unpaired) electrons. The lowest BCUT2D eigenvalue weighted by atomic mass is 10.0. The third-order valence-corrected chi connectivity index (χ3v) is 10.3. The van der Waals surface area contributed by atoms with Crippen molar-refractivity contribution >= 4 is 8.17 Å². The van der Waals surface area contributed by atoms with Crippen LogP contribution >= 0.6 is 8.17 Å². The molecule has 56 heavy (non-hydrogen) atoms. The quantitative estimate of drug-likeness (QED) is 0.0316. The number of quaternary nitrogens is 1. The van der Waals surface area contributed by atoms with Crippen molar-refractivity contribution in [1.29, 1.82) is 0 Å². The van der Waals surface area contributed by atoms with Crippen molar-refractivity contribution in [2.45, 2.75) is 152 Å². The van der Waals surface area contributed by atoms with Gasteiger partial charge in [-0.1, -0.05) is 93.2 Å². The third-order valence-electron chi connectivity index (χ3n) is 9.37. The van der Waals surface area contributed by atoms with Crippen LogP contribution in [0, 0.1) is 0 Å². The molecule has 0 spiro atoms. The van der Waals surface area contributed by atoms with E-state index in [9.17, 15) is 9.79 Å². The van der Waals surface area contributed by atoms with Gasteiger partial charge < -0.3 is 18.9 Å². The molecule has 1 N–H and O–H groups in total. The zero-order valence-corrected chi connectivity index (χ0v) is 39.2. The summed E-state index contributed by atoms with van der Waals surface area (Å²) in [7, 11) is 1.77. The normalized spacial score (nSPS) is 15.6. The molecular formula is C48H85NO6P+. The molecular weight excluding hydrogens is 718 g/mol. The molecule has 2 atom stereocenters. The van der Waals surface area contributed by atoms with E-state index in [0.717, 1.165) is 77.0 Å². The summed E-state index contributed by atoms with van der Waals surface area (Å²) in [5, 5.41) is 0. The van der Waals surface area contributed by atoms with Crippen LogP contribution in [0.1, 0.15) is 146 Å². The molecule has 0 bridgehead atoms. The van der Waals surface area contributed by atoms with Crippen LogP contribution in [0.25, 0.3) is 0 Å². The van der Waals surface area contributed by atoms with Gasteiger partial charge in [-0.25, -0.2) is 0 Å². The number of phosphoric acid groups is 1. The highest BCUT2D eigenvalue weighted by atomic mass is 31.2. The van der Waals surface area contributed by atoms with Gasteiger partial charge in [0.1, 0.15) is 25.9 Å². The highest BCUT2D eigenvalue weighted by Crippen LogP contribution is 2.47. The van der Waals surface area contributed by atoms with E-state index in [-0.39, 0.29) is 19.8 Å². The molecule has 322 valence electrons. The monoisotopic (exact) mass is 803 g/mol. The van der Waals surface area contributed by atoms with Crippen LogP contribution in [0.3, 0.4) is 0 Å². The van der Waals surface area contributed by atoms with Gasteiger partial charge in [0.25, 0.3) is 0 Å². The van der Waals surface area contributed by atoms with E-state index in [4.69, 9.17) is 18.5 Å². The second-order valence-corrected chi connectivity index (χ2v) is 18.7. The first-order valence-electron chi connectivity index (χ1n) is 21.1. The van der Waals surface area contributed by atoms with Crippen molar-refractivity contribution in [3.63, 3.8) is 0 Å². The summed E-state index contributed by atoms with van der Waals surface area (Å²) in [5.41, 5.74) is 11.1. The van der Waals surface area contributed by atoms with Gasteiger partial charge in [-0.05, 0) is 146 Å². The Bertz CT molecular complexity index is 1320. The van der Waals surface area contributed by atoms with Gasteiger partial charge in [0.2, 0.25) is 0 Å². The van der Waals surface area contributed by atoms with E-state index in [1.165, 1.54) is 44.6 Å². The van der Waals surface area contributed by atoms with Crippen molar-refractivity contribution in [3.8, 4) is 0 Å². The molecule has 0 aliphatic rings. The molecule has 0 rings (SSSR count). The lowest BCUT2D eigenvalue weighted by molar-refractivity contribution is -0.870. The zero-order valence-electron chi connectivity index (χ0n) is 38.3. The summed E-state index contributed by atoms with van der Waals surface area (Å²) < 4.78 is 23.3. The van der Waals surface area contributed by atoms with Gasteiger partial charge in [-0.2, -0.15) is 13.9 Å². The molecule has 0 aliphatic carbocycles. The van der Waals surface area contributed by atoms with Gasteiger partial charge in [0.05, 0.1) is 41.0 Å². The lowest BCUT2D eigenvalue weighted by Crippen LogP contribution is -2.38. The average molecular weight is 803 g/mol. The van der Waals surface area contributed by atoms with Crippen LogP contribution in [0.2, 0.25) is 0 Å². The Morgan fingerprint density at radius 3 is 1.25 bits per heavy atom. The Morgan fingerprint density at radius 1 is 0.518 bits per heavy atom. The molecule has 8 heteroatoms. The number of ether oxygens (including phenoxy) is 2. The van der Waals surface area contributed by atoms with Crippen molar-refractivity contribution < 1.29 is 32.8 Å². The van der Waals surface area contributed by atoms with Gasteiger partial charge in [0.15, 0.2) is 0 Å². The summed E-state index contributed by atoms with van der Waals surface area (Å²) in [6.07, 6.45) is 30.5. The number of allylic oxidation sites excluding steroid dienone is 14. The molecule has 0 saturated heterocycles. The van der Waals surface area contributed by atoms with Crippen LogP contribution in [-0.2, 0) is 18.5 Å². The maximum atomic E-state index is 12.6. The van der Waals surface area contributed by atoms with E-state index in [1.54, 1.807) is 0 Å². The van der Waals surface area contributed by atoms with Crippen LogP contribution < -0.4 is 4.89 Å². The maximum Gasteiger partial charge on any atom is 0.377 e. The summed E-state index contributed by atoms with van der Waals surface area (Å²) in [6, 6.07) is 0. The first-order chi connectivity index (χ1) is 26.3. The number of likely N-dealkylation sites (N-methyl/N-ethyl adjacent to an activating group) is 1. The third kappa shape index (κ3) is 36.4. The second-order valence-electron chi connectivity index (χ2n) is 17.2. The first-order valence-corrected chi connectivity index (χ1v) is 22.6. The smallest absolute Gasteiger partial charge is 0.377 e. The van der Waals surface area contributed by atoms with Gasteiger partial charge in [-0.3, -0.25) is 0 Å². The van der Waals surface area contributed by atoms with Crippen molar-refractivity contribution in [3.05, 3.63) is 93.2 Å². The van der Waals surface area contributed by atoms with E-state index in [0.29, 0.717) is 24.2 Å². The molecule has 0 heterocycles. The molecule has 7 nitrogen and oxygen atoms in total. The minimum Gasteiger partial charge on any atom is -0.606 e. The molecule has 1 unspecified atom stereocenters. The van der Waals surface area contributed by atoms with E-state index in [1.807, 2.05) is 21.1 Å². The molecule has 0 fully saturated rings. The summed E-state index contributed by atoms with van der Waals surface area (Å²) >= 11 is 0. The molecule has 0 aromatic carbocycles. The fourth-order valence-corrected chi connectivity index (χ4v) is 6.23. The summed E-state index contributed by atoms with van der Waals surface area (Å²) in [5.74, 6) is 0. The van der Waals surface area contributed by atoms with Crippen molar-refractivity contribution in [1.82, 2.24) is 0 Å². The Balaban J connectivity index is 4.98. The fourth-order valence-electron chi connectivity index (χ4n) is 5.49. The number of hydrogen-bond donors (Lipinski definition) is 1. The Labute approximate surface area is 346 Å². The Hall–Kier alpha value is -1.93. The Morgan fingerprint density at radius 2 is 0.875 bits per heavy atom.